The Balaban J connectivity index is 1.47. The van der Waals surface area contributed by atoms with Crippen LogP contribution in [0.5, 0.6) is 11.5 Å². The SMILES string of the molecule is CC(C)(C)c1ccc(OCc2nc3ccccc3n2CCOc2ccc(Cl)cc2)cc1. The van der Waals surface area contributed by atoms with Crippen molar-refractivity contribution in [1.29, 1.82) is 0 Å². The lowest BCUT2D eigenvalue weighted by Gasteiger charge is -2.19. The highest BCUT2D eigenvalue weighted by atomic mass is 35.5. The summed E-state index contributed by atoms with van der Waals surface area (Å²) in [4.78, 5) is 4.79. The van der Waals surface area contributed by atoms with Crippen molar-refractivity contribution < 1.29 is 9.47 Å². The van der Waals surface area contributed by atoms with Crippen LogP contribution in [0.15, 0.2) is 72.8 Å². The smallest absolute Gasteiger partial charge is 0.148 e. The van der Waals surface area contributed by atoms with Crippen LogP contribution in [0.2, 0.25) is 5.02 Å². The first-order valence-electron chi connectivity index (χ1n) is 10.5. The summed E-state index contributed by atoms with van der Waals surface area (Å²) in [5.41, 5.74) is 3.43. The van der Waals surface area contributed by atoms with Gasteiger partial charge in [0.2, 0.25) is 0 Å². The van der Waals surface area contributed by atoms with E-state index in [1.54, 1.807) is 0 Å². The molecule has 3 aromatic carbocycles. The van der Waals surface area contributed by atoms with Gasteiger partial charge in [-0.3, -0.25) is 0 Å². The van der Waals surface area contributed by atoms with Crippen LogP contribution in [0.25, 0.3) is 11.0 Å². The summed E-state index contributed by atoms with van der Waals surface area (Å²) in [6.45, 7) is 8.20. The van der Waals surface area contributed by atoms with Gasteiger partial charge in [0.25, 0.3) is 0 Å². The molecule has 0 N–H and O–H groups in total. The maximum Gasteiger partial charge on any atom is 0.148 e. The van der Waals surface area contributed by atoms with E-state index in [1.807, 2.05) is 54.6 Å². The number of aromatic nitrogens is 2. The van der Waals surface area contributed by atoms with Gasteiger partial charge in [-0.15, -0.1) is 0 Å². The highest BCUT2D eigenvalue weighted by molar-refractivity contribution is 6.30. The van der Waals surface area contributed by atoms with Crippen molar-refractivity contribution in [3.8, 4) is 11.5 Å². The number of halogens is 1. The second-order valence-corrected chi connectivity index (χ2v) is 8.97. The highest BCUT2D eigenvalue weighted by Crippen LogP contribution is 2.25. The predicted octanol–water partition coefficient (Wildman–Crippen LogP) is 6.65. The van der Waals surface area contributed by atoms with Crippen molar-refractivity contribution >= 4 is 22.6 Å². The third-order valence-electron chi connectivity index (χ3n) is 5.22. The molecule has 0 saturated heterocycles. The van der Waals surface area contributed by atoms with Gasteiger partial charge < -0.3 is 14.0 Å². The molecule has 0 atom stereocenters. The second-order valence-electron chi connectivity index (χ2n) is 8.53. The average Bonchev–Trinajstić information content (AvgIpc) is 3.11. The zero-order chi connectivity index (χ0) is 21.8. The van der Waals surface area contributed by atoms with E-state index in [0.717, 1.165) is 28.4 Å². The Morgan fingerprint density at radius 3 is 2.19 bits per heavy atom. The molecule has 4 nitrogen and oxygen atoms in total. The maximum absolute atomic E-state index is 6.07. The first-order valence-corrected chi connectivity index (χ1v) is 10.8. The molecule has 0 spiro atoms. The van der Waals surface area contributed by atoms with Crippen molar-refractivity contribution in [3.63, 3.8) is 0 Å². The fourth-order valence-electron chi connectivity index (χ4n) is 3.47. The number of rotatable bonds is 7. The van der Waals surface area contributed by atoms with Crippen LogP contribution in [0.4, 0.5) is 0 Å². The molecule has 31 heavy (non-hydrogen) atoms. The molecular weight excluding hydrogens is 408 g/mol. The number of hydrogen-bond acceptors (Lipinski definition) is 3. The van der Waals surface area contributed by atoms with Gasteiger partial charge in [-0.2, -0.15) is 0 Å². The molecule has 4 rings (SSSR count). The second kappa shape index (κ2) is 9.03. The van der Waals surface area contributed by atoms with Crippen LogP contribution in [0.3, 0.4) is 0 Å². The largest absolute Gasteiger partial charge is 0.492 e. The Morgan fingerprint density at radius 1 is 0.839 bits per heavy atom. The van der Waals surface area contributed by atoms with Gasteiger partial charge in [-0.05, 0) is 59.5 Å². The lowest BCUT2D eigenvalue weighted by Crippen LogP contribution is -2.13. The highest BCUT2D eigenvalue weighted by Gasteiger charge is 2.14. The summed E-state index contributed by atoms with van der Waals surface area (Å²) >= 11 is 5.95. The van der Waals surface area contributed by atoms with E-state index in [4.69, 9.17) is 26.1 Å². The molecule has 0 radical (unpaired) electrons. The lowest BCUT2D eigenvalue weighted by atomic mass is 9.87. The zero-order valence-electron chi connectivity index (χ0n) is 18.1. The van der Waals surface area contributed by atoms with Gasteiger partial charge in [0.1, 0.15) is 30.5 Å². The normalized spacial score (nSPS) is 11.6. The number of para-hydroxylation sites is 2. The van der Waals surface area contributed by atoms with E-state index in [0.29, 0.717) is 24.8 Å². The van der Waals surface area contributed by atoms with E-state index >= 15 is 0 Å². The molecule has 160 valence electrons. The molecular formula is C26H27ClN2O2. The fourth-order valence-corrected chi connectivity index (χ4v) is 3.60. The summed E-state index contributed by atoms with van der Waals surface area (Å²) in [7, 11) is 0. The molecule has 0 aliphatic heterocycles. The number of hydrogen-bond donors (Lipinski definition) is 0. The molecule has 0 saturated carbocycles. The quantitative estimate of drug-likeness (QED) is 0.327. The van der Waals surface area contributed by atoms with Gasteiger partial charge in [0.05, 0.1) is 17.6 Å². The van der Waals surface area contributed by atoms with Gasteiger partial charge in [0, 0.05) is 5.02 Å². The summed E-state index contributed by atoms with van der Waals surface area (Å²) in [6, 6.07) is 23.8. The standard InChI is InChI=1S/C26H27ClN2O2/c1-26(2,3)19-8-12-22(13-9-19)31-18-25-28-23-6-4-5-7-24(23)29(25)16-17-30-21-14-10-20(27)11-15-21/h4-15H,16-18H2,1-3H3. The Kier molecular flexibility index (Phi) is 6.19. The summed E-state index contributed by atoms with van der Waals surface area (Å²) < 4.78 is 14.1. The van der Waals surface area contributed by atoms with Crippen LogP contribution in [0.1, 0.15) is 32.2 Å². The van der Waals surface area contributed by atoms with E-state index in [1.165, 1.54) is 5.56 Å². The van der Waals surface area contributed by atoms with Gasteiger partial charge in [-0.1, -0.05) is 56.6 Å². The number of nitrogens with zero attached hydrogens (tertiary/aromatic N) is 2. The minimum Gasteiger partial charge on any atom is -0.492 e. The van der Waals surface area contributed by atoms with E-state index < -0.39 is 0 Å². The summed E-state index contributed by atoms with van der Waals surface area (Å²) in [6.07, 6.45) is 0. The third-order valence-corrected chi connectivity index (χ3v) is 5.47. The molecule has 0 aliphatic rings. The molecule has 0 aliphatic carbocycles. The molecule has 5 heteroatoms. The summed E-state index contributed by atoms with van der Waals surface area (Å²) in [5, 5.41) is 0.697. The number of benzene rings is 3. The van der Waals surface area contributed by atoms with Crippen molar-refractivity contribution in [2.45, 2.75) is 39.3 Å². The molecule has 0 bridgehead atoms. The number of ether oxygens (including phenoxy) is 2. The minimum atomic E-state index is 0.122. The number of imidazole rings is 1. The van der Waals surface area contributed by atoms with E-state index in [9.17, 15) is 0 Å². The Bertz CT molecular complexity index is 1140. The van der Waals surface area contributed by atoms with Crippen molar-refractivity contribution in [1.82, 2.24) is 9.55 Å². The molecule has 0 fully saturated rings. The van der Waals surface area contributed by atoms with Crippen LogP contribution < -0.4 is 9.47 Å². The van der Waals surface area contributed by atoms with E-state index in [-0.39, 0.29) is 5.41 Å². The van der Waals surface area contributed by atoms with Crippen LogP contribution >= 0.6 is 11.6 Å². The maximum atomic E-state index is 6.07. The predicted molar refractivity (Wildman–Crippen MR) is 126 cm³/mol. The van der Waals surface area contributed by atoms with Gasteiger partial charge >= 0.3 is 0 Å². The summed E-state index contributed by atoms with van der Waals surface area (Å²) in [5.74, 6) is 2.51. The zero-order valence-corrected chi connectivity index (χ0v) is 18.9. The van der Waals surface area contributed by atoms with Crippen molar-refractivity contribution in [2.75, 3.05) is 6.61 Å². The van der Waals surface area contributed by atoms with Gasteiger partial charge in [-0.25, -0.2) is 4.98 Å². The van der Waals surface area contributed by atoms with Crippen molar-refractivity contribution in [2.24, 2.45) is 0 Å². The monoisotopic (exact) mass is 434 g/mol. The molecule has 1 heterocycles. The average molecular weight is 435 g/mol. The molecule has 1 aromatic heterocycles. The van der Waals surface area contributed by atoms with Crippen LogP contribution in [-0.4, -0.2) is 16.2 Å². The first-order chi connectivity index (χ1) is 14.9. The number of fused-ring (bicyclic) bond motifs is 1. The van der Waals surface area contributed by atoms with Crippen LogP contribution in [0, 0.1) is 0 Å². The minimum absolute atomic E-state index is 0.122. The van der Waals surface area contributed by atoms with Gasteiger partial charge in [0.15, 0.2) is 0 Å². The fraction of sp³-hybridized carbons (Fsp3) is 0.269. The Morgan fingerprint density at radius 2 is 1.48 bits per heavy atom. The lowest BCUT2D eigenvalue weighted by molar-refractivity contribution is 0.272. The Hall–Kier alpha value is -2.98. The molecule has 0 amide bonds. The Labute approximate surface area is 188 Å². The van der Waals surface area contributed by atoms with Crippen LogP contribution in [-0.2, 0) is 18.6 Å². The first kappa shape index (κ1) is 21.3. The third kappa shape index (κ3) is 5.20. The van der Waals surface area contributed by atoms with Crippen molar-refractivity contribution in [3.05, 3.63) is 89.2 Å². The molecule has 4 aromatic rings. The molecule has 0 unspecified atom stereocenters. The topological polar surface area (TPSA) is 36.3 Å². The van der Waals surface area contributed by atoms with E-state index in [2.05, 4.69) is 43.5 Å².